The minimum Gasteiger partial charge on any atom is -0.352 e. The SMILES string of the molecule is CC[C@H](C(=O)NC(C)C)N(CCc1ccccc1)C(=O)CN1C(=O)c2ccccc2S1(=O)=O. The van der Waals surface area contributed by atoms with Gasteiger partial charge in [0.1, 0.15) is 17.5 Å². The Bertz CT molecular complexity index is 1130. The summed E-state index contributed by atoms with van der Waals surface area (Å²) >= 11 is 0. The third kappa shape index (κ3) is 5.24. The third-order valence-electron chi connectivity index (χ3n) is 5.49. The molecule has 3 amide bonds. The molecule has 0 bridgehead atoms. The molecule has 0 saturated carbocycles. The number of carbonyl (C=O) groups is 3. The molecular weight excluding hydrogens is 442 g/mol. The molecule has 2 aromatic carbocycles. The molecule has 9 heteroatoms. The van der Waals surface area contributed by atoms with Gasteiger partial charge < -0.3 is 10.2 Å². The van der Waals surface area contributed by atoms with Crippen LogP contribution in [0, 0.1) is 0 Å². The molecular formula is C24H29N3O5S. The number of nitrogens with one attached hydrogen (secondary N) is 1. The quantitative estimate of drug-likeness (QED) is 0.604. The Kier molecular flexibility index (Phi) is 7.53. The van der Waals surface area contributed by atoms with Gasteiger partial charge in [0.2, 0.25) is 11.8 Å². The van der Waals surface area contributed by atoms with Gasteiger partial charge in [-0.1, -0.05) is 49.4 Å². The average Bonchev–Trinajstić information content (AvgIpc) is 2.97. The number of amides is 3. The van der Waals surface area contributed by atoms with Crippen molar-refractivity contribution in [2.45, 2.75) is 50.6 Å². The fourth-order valence-corrected chi connectivity index (χ4v) is 5.40. The molecule has 8 nitrogen and oxygen atoms in total. The maximum absolute atomic E-state index is 13.4. The average molecular weight is 472 g/mol. The van der Waals surface area contributed by atoms with Crippen LogP contribution in [0.2, 0.25) is 0 Å². The van der Waals surface area contributed by atoms with Crippen molar-refractivity contribution >= 4 is 27.7 Å². The van der Waals surface area contributed by atoms with E-state index < -0.39 is 34.4 Å². The van der Waals surface area contributed by atoms with E-state index in [-0.39, 0.29) is 29.0 Å². The van der Waals surface area contributed by atoms with E-state index in [1.807, 2.05) is 44.2 Å². The number of rotatable bonds is 9. The number of hydrogen-bond acceptors (Lipinski definition) is 5. The van der Waals surface area contributed by atoms with Crippen LogP contribution in [0.3, 0.4) is 0 Å². The van der Waals surface area contributed by atoms with Crippen molar-refractivity contribution in [3.05, 3.63) is 65.7 Å². The van der Waals surface area contributed by atoms with Gasteiger partial charge >= 0.3 is 0 Å². The van der Waals surface area contributed by atoms with Crippen LogP contribution in [0.15, 0.2) is 59.5 Å². The van der Waals surface area contributed by atoms with Gasteiger partial charge in [-0.25, -0.2) is 12.7 Å². The van der Waals surface area contributed by atoms with Crippen molar-refractivity contribution in [2.75, 3.05) is 13.1 Å². The van der Waals surface area contributed by atoms with E-state index in [0.717, 1.165) is 5.56 Å². The summed E-state index contributed by atoms with van der Waals surface area (Å²) in [4.78, 5) is 40.3. The van der Waals surface area contributed by atoms with Gasteiger partial charge in [0, 0.05) is 12.6 Å². The number of fused-ring (bicyclic) bond motifs is 1. The second-order valence-corrected chi connectivity index (χ2v) is 10.1. The number of benzene rings is 2. The molecule has 1 aliphatic heterocycles. The Balaban J connectivity index is 1.87. The van der Waals surface area contributed by atoms with Gasteiger partial charge in [-0.2, -0.15) is 0 Å². The molecule has 33 heavy (non-hydrogen) atoms. The monoisotopic (exact) mass is 471 g/mol. The second kappa shape index (κ2) is 10.2. The highest BCUT2D eigenvalue weighted by Crippen LogP contribution is 2.30. The van der Waals surface area contributed by atoms with Crippen LogP contribution in [-0.4, -0.2) is 60.5 Å². The van der Waals surface area contributed by atoms with Crippen molar-refractivity contribution in [1.82, 2.24) is 14.5 Å². The van der Waals surface area contributed by atoms with E-state index in [2.05, 4.69) is 5.32 Å². The lowest BCUT2D eigenvalue weighted by Crippen LogP contribution is -2.54. The summed E-state index contributed by atoms with van der Waals surface area (Å²) in [6, 6.07) is 14.5. The van der Waals surface area contributed by atoms with Gasteiger partial charge in [-0.15, -0.1) is 0 Å². The molecule has 3 rings (SSSR count). The lowest BCUT2D eigenvalue weighted by molar-refractivity contribution is -0.140. The summed E-state index contributed by atoms with van der Waals surface area (Å²) < 4.78 is 26.4. The molecule has 1 atom stereocenters. The molecule has 0 unspecified atom stereocenters. The molecule has 176 valence electrons. The third-order valence-corrected chi connectivity index (χ3v) is 7.28. The lowest BCUT2D eigenvalue weighted by atomic mass is 10.1. The summed E-state index contributed by atoms with van der Waals surface area (Å²) in [5, 5.41) is 2.83. The van der Waals surface area contributed by atoms with Gasteiger partial charge in [0.05, 0.1) is 5.56 Å². The van der Waals surface area contributed by atoms with Crippen LogP contribution < -0.4 is 5.32 Å². The van der Waals surface area contributed by atoms with Crippen molar-refractivity contribution in [1.29, 1.82) is 0 Å². The molecule has 1 aliphatic rings. The number of hydrogen-bond donors (Lipinski definition) is 1. The first kappa shape index (κ1) is 24.4. The predicted molar refractivity (Wildman–Crippen MR) is 124 cm³/mol. The zero-order chi connectivity index (χ0) is 24.2. The summed E-state index contributed by atoms with van der Waals surface area (Å²) in [6.45, 7) is 5.00. The fourth-order valence-electron chi connectivity index (χ4n) is 3.88. The van der Waals surface area contributed by atoms with Crippen LogP contribution >= 0.6 is 0 Å². The Morgan fingerprint density at radius 1 is 1.03 bits per heavy atom. The minimum atomic E-state index is -4.13. The highest BCUT2D eigenvalue weighted by atomic mass is 32.2. The maximum atomic E-state index is 13.4. The molecule has 0 saturated heterocycles. The van der Waals surface area contributed by atoms with Crippen molar-refractivity contribution in [3.8, 4) is 0 Å². The molecule has 1 N–H and O–H groups in total. The smallest absolute Gasteiger partial charge is 0.269 e. The number of sulfonamides is 1. The van der Waals surface area contributed by atoms with Crippen molar-refractivity contribution in [2.24, 2.45) is 0 Å². The largest absolute Gasteiger partial charge is 0.352 e. The van der Waals surface area contributed by atoms with Crippen molar-refractivity contribution in [3.63, 3.8) is 0 Å². The first-order chi connectivity index (χ1) is 15.7. The first-order valence-corrected chi connectivity index (χ1v) is 12.4. The van der Waals surface area contributed by atoms with Gasteiger partial charge in [0.25, 0.3) is 15.9 Å². The van der Waals surface area contributed by atoms with E-state index in [9.17, 15) is 22.8 Å². The Morgan fingerprint density at radius 3 is 2.27 bits per heavy atom. The van der Waals surface area contributed by atoms with E-state index in [1.54, 1.807) is 13.0 Å². The standard InChI is InChI=1S/C24H29N3O5S/c1-4-20(23(29)25-17(2)3)26(15-14-18-10-6-5-7-11-18)22(28)16-27-24(30)19-12-8-9-13-21(19)33(27,31)32/h5-13,17,20H,4,14-16H2,1-3H3,(H,25,29)/t20-/m1/s1. The number of carbonyl (C=O) groups excluding carboxylic acids is 3. The van der Waals surface area contributed by atoms with Crippen LogP contribution in [-0.2, 0) is 26.0 Å². The molecule has 0 aromatic heterocycles. The minimum absolute atomic E-state index is 0.0470. The zero-order valence-electron chi connectivity index (χ0n) is 19.0. The van der Waals surface area contributed by atoms with Crippen LogP contribution in [0.4, 0.5) is 0 Å². The van der Waals surface area contributed by atoms with Crippen molar-refractivity contribution < 1.29 is 22.8 Å². The van der Waals surface area contributed by atoms with E-state index in [4.69, 9.17) is 0 Å². The fraction of sp³-hybridized carbons (Fsp3) is 0.375. The van der Waals surface area contributed by atoms with Gasteiger partial charge in [-0.3, -0.25) is 14.4 Å². The highest BCUT2D eigenvalue weighted by molar-refractivity contribution is 7.90. The van der Waals surface area contributed by atoms with Gasteiger partial charge in [-0.05, 0) is 44.4 Å². The second-order valence-electron chi connectivity index (χ2n) is 8.22. The Labute approximate surface area is 194 Å². The zero-order valence-corrected chi connectivity index (χ0v) is 19.8. The summed E-state index contributed by atoms with van der Waals surface area (Å²) in [6.07, 6.45) is 0.832. The van der Waals surface area contributed by atoms with E-state index in [1.165, 1.54) is 23.1 Å². The van der Waals surface area contributed by atoms with E-state index in [0.29, 0.717) is 17.1 Å². The molecule has 0 aliphatic carbocycles. The molecule has 0 radical (unpaired) electrons. The Morgan fingerprint density at radius 2 is 1.67 bits per heavy atom. The van der Waals surface area contributed by atoms with E-state index >= 15 is 0 Å². The summed E-state index contributed by atoms with van der Waals surface area (Å²) in [7, 11) is -4.13. The highest BCUT2D eigenvalue weighted by Gasteiger charge is 2.43. The molecule has 2 aromatic rings. The molecule has 0 spiro atoms. The molecule has 1 heterocycles. The van der Waals surface area contributed by atoms with Crippen LogP contribution in [0.25, 0.3) is 0 Å². The van der Waals surface area contributed by atoms with Crippen LogP contribution in [0.5, 0.6) is 0 Å². The maximum Gasteiger partial charge on any atom is 0.269 e. The number of nitrogens with zero attached hydrogens (tertiary/aromatic N) is 2. The summed E-state index contributed by atoms with van der Waals surface area (Å²) in [5.41, 5.74) is 1.03. The molecule has 0 fully saturated rings. The first-order valence-electron chi connectivity index (χ1n) is 11.0. The summed E-state index contributed by atoms with van der Waals surface area (Å²) in [5.74, 6) is -1.64. The Hall–Kier alpha value is -3.20. The lowest BCUT2D eigenvalue weighted by Gasteiger charge is -2.32. The van der Waals surface area contributed by atoms with Gasteiger partial charge in [0.15, 0.2) is 0 Å². The normalized spacial score (nSPS) is 15.3. The topological polar surface area (TPSA) is 104 Å². The predicted octanol–water partition coefficient (Wildman–Crippen LogP) is 2.21. The van der Waals surface area contributed by atoms with Crippen LogP contribution in [0.1, 0.15) is 43.1 Å².